The molecule has 0 spiro atoms. The lowest BCUT2D eigenvalue weighted by atomic mass is 10.1. The third kappa shape index (κ3) is 15.3. The second-order valence-electron chi connectivity index (χ2n) is 13.0. The second kappa shape index (κ2) is 22.0. The van der Waals surface area contributed by atoms with E-state index in [1.54, 1.807) is 45.2 Å². The van der Waals surface area contributed by atoms with E-state index < -0.39 is 17.9 Å². The molecule has 4 N–H and O–H groups in total. The minimum Gasteiger partial charge on any atom is -0.480 e. The highest BCUT2D eigenvalue weighted by Gasteiger charge is 2.21. The summed E-state index contributed by atoms with van der Waals surface area (Å²) in [6.45, 7) is 2.22. The highest BCUT2D eigenvalue weighted by atomic mass is 16.4. The summed E-state index contributed by atoms with van der Waals surface area (Å²) in [6.07, 6.45) is 6.63. The number of carbonyl (C=O) groups excluding carboxylic acids is 2. The van der Waals surface area contributed by atoms with Crippen LogP contribution >= 0.6 is 0 Å². The largest absolute Gasteiger partial charge is 0.480 e. The van der Waals surface area contributed by atoms with E-state index in [0.717, 1.165) is 12.8 Å². The van der Waals surface area contributed by atoms with Crippen molar-refractivity contribution in [3.63, 3.8) is 0 Å². The first kappa shape index (κ1) is 41.4. The Balaban J connectivity index is 1.17. The maximum absolute atomic E-state index is 13.0. The predicted octanol–water partition coefficient (Wildman–Crippen LogP) is 0.714. The number of anilines is 1. The van der Waals surface area contributed by atoms with Gasteiger partial charge in [0.1, 0.15) is 17.2 Å². The molecule has 0 atom stereocenters. The van der Waals surface area contributed by atoms with Gasteiger partial charge in [0.2, 0.25) is 17.6 Å². The van der Waals surface area contributed by atoms with E-state index in [2.05, 4.69) is 35.7 Å². The number of aromatic nitrogens is 6. The van der Waals surface area contributed by atoms with Crippen LogP contribution < -0.4 is 5.32 Å². The third-order valence-electron chi connectivity index (χ3n) is 8.67. The quantitative estimate of drug-likeness (QED) is 0.131. The molecule has 1 aliphatic heterocycles. The number of hydrogen-bond acceptors (Lipinski definition) is 15. The average molecular weight is 750 g/mol. The van der Waals surface area contributed by atoms with Crippen molar-refractivity contribution in [1.82, 2.24) is 50.0 Å². The van der Waals surface area contributed by atoms with Gasteiger partial charge in [-0.25, -0.2) is 0 Å². The van der Waals surface area contributed by atoms with E-state index >= 15 is 0 Å². The van der Waals surface area contributed by atoms with Crippen molar-refractivity contribution >= 4 is 35.3 Å². The molecule has 1 aliphatic rings. The molecule has 54 heavy (non-hydrogen) atoms. The number of hydrogen-bond donors (Lipinski definition) is 4. The van der Waals surface area contributed by atoms with Crippen molar-refractivity contribution in [1.29, 1.82) is 0 Å². The lowest BCUT2D eigenvalue weighted by Gasteiger charge is -2.32. The number of carbonyl (C=O) groups is 5. The van der Waals surface area contributed by atoms with Crippen molar-refractivity contribution in [2.45, 2.75) is 38.5 Å². The molecule has 0 aliphatic carbocycles. The van der Waals surface area contributed by atoms with Gasteiger partial charge in [0, 0.05) is 71.4 Å². The van der Waals surface area contributed by atoms with Crippen LogP contribution in [0.1, 0.15) is 38.5 Å². The summed E-state index contributed by atoms with van der Waals surface area (Å²) in [5.74, 6) is -2.62. The van der Waals surface area contributed by atoms with E-state index in [4.69, 9.17) is 0 Å². The summed E-state index contributed by atoms with van der Waals surface area (Å²) >= 11 is 0. The van der Waals surface area contributed by atoms with Gasteiger partial charge in [-0.15, -0.1) is 20.4 Å². The van der Waals surface area contributed by atoms with Crippen LogP contribution in [0.2, 0.25) is 0 Å². The van der Waals surface area contributed by atoms with Crippen LogP contribution in [0.15, 0.2) is 42.7 Å². The van der Waals surface area contributed by atoms with E-state index in [0.29, 0.717) is 101 Å². The van der Waals surface area contributed by atoms with Gasteiger partial charge in [0.15, 0.2) is 0 Å². The molecule has 0 radical (unpaired) electrons. The number of carboxylic acid groups (broad SMARTS) is 3. The van der Waals surface area contributed by atoms with Gasteiger partial charge in [-0.05, 0) is 37.1 Å². The molecule has 19 nitrogen and oxygen atoms in total. The van der Waals surface area contributed by atoms with Crippen LogP contribution in [0, 0.1) is 0 Å². The Labute approximate surface area is 312 Å². The first-order valence-corrected chi connectivity index (χ1v) is 17.9. The number of unbranched alkanes of at least 4 members (excludes halogenated alkanes) is 3. The lowest BCUT2D eigenvalue weighted by molar-refractivity contribution is -0.140. The Morgan fingerprint density at radius 3 is 1.44 bits per heavy atom. The number of rotatable bonds is 18. The van der Waals surface area contributed by atoms with Crippen LogP contribution in [-0.4, -0.2) is 173 Å². The molecule has 4 rings (SSSR count). The summed E-state index contributed by atoms with van der Waals surface area (Å²) in [4.78, 5) is 75.4. The minimum atomic E-state index is -1.02. The molecule has 4 heterocycles. The normalized spacial score (nSPS) is 15.5. The smallest absolute Gasteiger partial charge is 0.317 e. The highest BCUT2D eigenvalue weighted by Crippen LogP contribution is 2.16. The maximum Gasteiger partial charge on any atom is 0.317 e. The summed E-state index contributed by atoms with van der Waals surface area (Å²) < 4.78 is 0. The number of nitrogens with one attached hydrogen (secondary N) is 1. The molecule has 3 aromatic rings. The van der Waals surface area contributed by atoms with Gasteiger partial charge in [0.25, 0.3) is 0 Å². The first-order chi connectivity index (χ1) is 26.0. The summed E-state index contributed by atoms with van der Waals surface area (Å²) in [5.41, 5.74) is 1.53. The SMILES string of the molecule is O=C(O)CN1CCN(CC(=O)O)CCN(CC(=O)CCCCCCC(=O)Nc2ccc(-c3nnc(-c4ccccn4)nn3)nc2)CCN(CC(=O)O)CC1. The molecule has 1 saturated heterocycles. The van der Waals surface area contributed by atoms with Crippen molar-refractivity contribution in [3.8, 4) is 23.0 Å². The van der Waals surface area contributed by atoms with Gasteiger partial charge in [-0.2, -0.15) is 0 Å². The van der Waals surface area contributed by atoms with E-state index in [-0.39, 0.29) is 43.7 Å². The molecule has 0 bridgehead atoms. The van der Waals surface area contributed by atoms with Gasteiger partial charge in [0.05, 0.1) is 38.1 Å². The highest BCUT2D eigenvalue weighted by molar-refractivity contribution is 5.90. The number of pyridine rings is 2. The molecular weight excluding hydrogens is 702 g/mol. The van der Waals surface area contributed by atoms with E-state index in [9.17, 15) is 39.3 Å². The number of aliphatic carboxylic acids is 3. The van der Waals surface area contributed by atoms with Crippen LogP contribution in [0.4, 0.5) is 5.69 Å². The minimum absolute atomic E-state index is 0.0269. The van der Waals surface area contributed by atoms with Crippen molar-refractivity contribution in [2.24, 2.45) is 0 Å². The van der Waals surface area contributed by atoms with Gasteiger partial charge in [-0.1, -0.05) is 18.9 Å². The fourth-order valence-electron chi connectivity index (χ4n) is 5.83. The summed E-state index contributed by atoms with van der Waals surface area (Å²) in [6, 6.07) is 8.72. The van der Waals surface area contributed by atoms with Crippen molar-refractivity contribution in [3.05, 3.63) is 42.7 Å². The fourth-order valence-corrected chi connectivity index (χ4v) is 5.83. The monoisotopic (exact) mass is 749 g/mol. The zero-order valence-corrected chi connectivity index (χ0v) is 30.1. The van der Waals surface area contributed by atoms with Gasteiger partial charge < -0.3 is 20.6 Å². The van der Waals surface area contributed by atoms with Crippen molar-refractivity contribution < 1.29 is 39.3 Å². The Hall–Kier alpha value is -5.37. The molecule has 19 heteroatoms. The number of carboxylic acids is 3. The van der Waals surface area contributed by atoms with Crippen LogP contribution in [0.25, 0.3) is 23.0 Å². The Morgan fingerprint density at radius 2 is 1.02 bits per heavy atom. The third-order valence-corrected chi connectivity index (χ3v) is 8.67. The Kier molecular flexibility index (Phi) is 16.9. The van der Waals surface area contributed by atoms with Crippen molar-refractivity contribution in [2.75, 3.05) is 83.9 Å². The topological polar surface area (TPSA) is 248 Å². The fraction of sp³-hybridized carbons (Fsp3) is 0.514. The molecule has 1 fully saturated rings. The number of nitrogens with zero attached hydrogens (tertiary/aromatic N) is 10. The summed E-state index contributed by atoms with van der Waals surface area (Å²) in [5, 5.41) is 47.3. The molecular formula is C35H47N11O8. The molecule has 0 unspecified atom stereocenters. The molecule has 1 amide bonds. The molecule has 3 aromatic heterocycles. The molecule has 0 aromatic carbocycles. The molecule has 290 valence electrons. The van der Waals surface area contributed by atoms with E-state index in [1.807, 2.05) is 11.0 Å². The zero-order valence-electron chi connectivity index (χ0n) is 30.1. The standard InChI is InChI=1S/C35H47N11O8/c47-27(22-43-13-15-44(23-31(49)50)17-19-46(25-33(53)54)20-18-45(16-14-43)24-32(51)52)7-3-1-2-4-9-30(48)38-26-10-11-29(37-21-26)35-41-39-34(40-42-35)28-8-5-6-12-36-28/h5-6,8,10-12,21H,1-4,7,9,13-20,22-25H2,(H,38,48)(H,49,50)(H,51,52)(H,53,54). The molecule has 0 saturated carbocycles. The van der Waals surface area contributed by atoms with Gasteiger partial charge in [-0.3, -0.25) is 53.5 Å². The maximum atomic E-state index is 13.0. The Morgan fingerprint density at radius 1 is 0.556 bits per heavy atom. The van der Waals surface area contributed by atoms with Gasteiger partial charge >= 0.3 is 17.9 Å². The second-order valence-corrected chi connectivity index (χ2v) is 13.0. The Bertz CT molecular complexity index is 1630. The number of ketones is 1. The van der Waals surface area contributed by atoms with E-state index in [1.165, 1.54) is 6.20 Å². The summed E-state index contributed by atoms with van der Waals surface area (Å²) in [7, 11) is 0. The lowest BCUT2D eigenvalue weighted by Crippen LogP contribution is -2.49. The van der Waals surface area contributed by atoms with Crippen LogP contribution in [-0.2, 0) is 24.0 Å². The van der Waals surface area contributed by atoms with Crippen LogP contribution in [0.3, 0.4) is 0 Å². The average Bonchev–Trinajstić information content (AvgIpc) is 3.14. The number of Topliss-reactive ketones (excluding diaryl/α,β-unsaturated/α-hetero) is 1. The first-order valence-electron chi connectivity index (χ1n) is 17.9. The predicted molar refractivity (Wildman–Crippen MR) is 194 cm³/mol. The van der Waals surface area contributed by atoms with Crippen LogP contribution in [0.5, 0.6) is 0 Å². The zero-order chi connectivity index (χ0) is 38.7. The number of amides is 1.